The minimum absolute atomic E-state index is 0.141. The lowest BCUT2D eigenvalue weighted by molar-refractivity contribution is 0.550. The smallest absolute Gasteiger partial charge is 0.206 e. The maximum atomic E-state index is 16.5. The summed E-state index contributed by atoms with van der Waals surface area (Å²) in [6.45, 7) is 2.34. The van der Waals surface area contributed by atoms with Crippen LogP contribution in [0.25, 0.3) is 44.1 Å². The molecule has 1 aromatic heterocycles. The first-order valence-electron chi connectivity index (χ1n) is 15.5. The van der Waals surface area contributed by atoms with E-state index in [1.807, 2.05) is 12.1 Å². The molecule has 0 N–H and O–H groups in total. The number of hydrogen-bond acceptors (Lipinski definition) is 1. The van der Waals surface area contributed by atoms with Crippen LogP contribution in [-0.2, 0) is 4.57 Å². The third-order valence-electron chi connectivity index (χ3n) is 9.47. The van der Waals surface area contributed by atoms with Gasteiger partial charge in [0, 0.05) is 22.2 Å². The molecule has 8 rings (SSSR count). The van der Waals surface area contributed by atoms with Crippen LogP contribution in [0.3, 0.4) is 0 Å². The average molecular weight is 588 g/mol. The van der Waals surface area contributed by atoms with Gasteiger partial charge in [-0.15, -0.1) is 0 Å². The molecule has 7 aromatic rings. The SMILES string of the molecule is CC1CC(c2ccccc2)CP(=O)(c2cc(-c3ccccc3)cc(-c3ccccc3)c2)n2c3ccccc3c3cccc1c32. The van der Waals surface area contributed by atoms with Crippen molar-refractivity contribution in [2.75, 3.05) is 6.16 Å². The lowest BCUT2D eigenvalue weighted by atomic mass is 9.86. The van der Waals surface area contributed by atoms with E-state index in [0.29, 0.717) is 12.1 Å². The molecule has 0 saturated heterocycles. The van der Waals surface area contributed by atoms with Crippen molar-refractivity contribution in [2.45, 2.75) is 25.2 Å². The fourth-order valence-electron chi connectivity index (χ4n) is 7.36. The van der Waals surface area contributed by atoms with Crippen LogP contribution < -0.4 is 5.30 Å². The molecule has 0 radical (unpaired) electrons. The molecule has 0 fully saturated rings. The first kappa shape index (κ1) is 26.9. The molecule has 44 heavy (non-hydrogen) atoms. The summed E-state index contributed by atoms with van der Waals surface area (Å²) >= 11 is 0. The quantitative estimate of drug-likeness (QED) is 0.188. The average Bonchev–Trinajstić information content (AvgIpc) is 3.43. The number of aromatic nitrogens is 1. The number of rotatable bonds is 4. The van der Waals surface area contributed by atoms with E-state index < -0.39 is 7.29 Å². The summed E-state index contributed by atoms with van der Waals surface area (Å²) in [7, 11) is -3.27. The molecular weight excluding hydrogens is 553 g/mol. The Morgan fingerprint density at radius 1 is 0.591 bits per heavy atom. The Kier molecular flexibility index (Phi) is 6.62. The standard InChI is InChI=1S/C41H34NOP/c1-29-24-35(32-18-9-4-10-19-32)28-44(43,42-40-23-12-11-20-38(40)39-22-13-21-37(29)41(39)42)36-26-33(30-14-5-2-6-15-30)25-34(27-36)31-16-7-3-8-17-31/h2-23,25-27,29,35H,24,28H2,1H3. The van der Waals surface area contributed by atoms with Crippen molar-refractivity contribution < 1.29 is 4.57 Å². The van der Waals surface area contributed by atoms with Gasteiger partial charge in [0.2, 0.25) is 7.29 Å². The molecule has 0 spiro atoms. The van der Waals surface area contributed by atoms with Crippen LogP contribution in [0.15, 0.2) is 152 Å². The largest absolute Gasteiger partial charge is 0.295 e. The normalized spacial score (nSPS) is 19.9. The molecule has 3 unspecified atom stereocenters. The van der Waals surface area contributed by atoms with Crippen LogP contribution in [0.2, 0.25) is 0 Å². The summed E-state index contributed by atoms with van der Waals surface area (Å²) in [6, 6.07) is 53.6. The molecule has 1 aliphatic heterocycles. The number of para-hydroxylation sites is 2. The maximum absolute atomic E-state index is 16.5. The van der Waals surface area contributed by atoms with Gasteiger partial charge in [-0.1, -0.05) is 134 Å². The molecule has 3 heteroatoms. The minimum atomic E-state index is -3.27. The van der Waals surface area contributed by atoms with E-state index >= 15 is 4.57 Å². The molecule has 2 heterocycles. The van der Waals surface area contributed by atoms with Crippen molar-refractivity contribution in [3.8, 4) is 22.3 Å². The molecule has 3 atom stereocenters. The third-order valence-corrected chi connectivity index (χ3v) is 12.5. The molecule has 0 amide bonds. The van der Waals surface area contributed by atoms with E-state index in [4.69, 9.17) is 0 Å². The van der Waals surface area contributed by atoms with E-state index in [1.54, 1.807) is 0 Å². The van der Waals surface area contributed by atoms with Crippen molar-refractivity contribution in [1.29, 1.82) is 0 Å². The van der Waals surface area contributed by atoms with Crippen molar-refractivity contribution in [1.82, 2.24) is 4.34 Å². The monoisotopic (exact) mass is 587 g/mol. The fraction of sp³-hybridized carbons (Fsp3) is 0.122. The Hall–Kier alpha value is -4.65. The van der Waals surface area contributed by atoms with Crippen LogP contribution in [-0.4, -0.2) is 10.5 Å². The number of hydrogen-bond donors (Lipinski definition) is 0. The third kappa shape index (κ3) is 4.45. The molecule has 6 aromatic carbocycles. The molecule has 0 saturated carbocycles. The summed E-state index contributed by atoms with van der Waals surface area (Å²) in [5.41, 5.74) is 9.14. The van der Waals surface area contributed by atoms with E-state index in [0.717, 1.165) is 50.4 Å². The van der Waals surface area contributed by atoms with Gasteiger partial charge in [-0.2, -0.15) is 0 Å². The second-order valence-electron chi connectivity index (χ2n) is 12.2. The zero-order valence-electron chi connectivity index (χ0n) is 24.8. The van der Waals surface area contributed by atoms with Gasteiger partial charge in [-0.25, -0.2) is 0 Å². The zero-order valence-corrected chi connectivity index (χ0v) is 25.7. The Labute approximate surface area is 259 Å². The highest BCUT2D eigenvalue weighted by atomic mass is 31.2. The first-order chi connectivity index (χ1) is 21.6. The van der Waals surface area contributed by atoms with Crippen molar-refractivity contribution in [3.63, 3.8) is 0 Å². The van der Waals surface area contributed by atoms with Crippen LogP contribution >= 0.6 is 7.29 Å². The van der Waals surface area contributed by atoms with Gasteiger partial charge in [-0.3, -0.25) is 8.90 Å². The van der Waals surface area contributed by atoms with Crippen LogP contribution in [0, 0.1) is 0 Å². The van der Waals surface area contributed by atoms with Crippen molar-refractivity contribution in [2.24, 2.45) is 0 Å². The second kappa shape index (κ2) is 10.8. The maximum Gasteiger partial charge on any atom is 0.206 e. The molecular formula is C41H34NOP. The highest BCUT2D eigenvalue weighted by Crippen LogP contribution is 2.58. The van der Waals surface area contributed by atoms with E-state index in [1.165, 1.54) is 16.5 Å². The Morgan fingerprint density at radius 3 is 1.82 bits per heavy atom. The Balaban J connectivity index is 1.48. The van der Waals surface area contributed by atoms with Gasteiger partial charge in [0.15, 0.2) is 0 Å². The molecule has 2 nitrogen and oxygen atoms in total. The molecule has 214 valence electrons. The van der Waals surface area contributed by atoms with Gasteiger partial charge < -0.3 is 0 Å². The second-order valence-corrected chi connectivity index (χ2v) is 14.9. The Bertz CT molecular complexity index is 2110. The summed E-state index contributed by atoms with van der Waals surface area (Å²) in [4.78, 5) is 0. The lowest BCUT2D eigenvalue weighted by Crippen LogP contribution is -2.22. The Morgan fingerprint density at radius 2 is 1.16 bits per heavy atom. The number of benzene rings is 6. The zero-order chi connectivity index (χ0) is 29.7. The van der Waals surface area contributed by atoms with Gasteiger partial charge >= 0.3 is 0 Å². The molecule has 0 aliphatic carbocycles. The highest BCUT2D eigenvalue weighted by Gasteiger charge is 2.38. The van der Waals surface area contributed by atoms with E-state index in [2.05, 4.69) is 151 Å². The number of nitrogens with zero attached hydrogens (tertiary/aromatic N) is 1. The van der Waals surface area contributed by atoms with Gasteiger partial charge in [0.1, 0.15) is 0 Å². The van der Waals surface area contributed by atoms with Gasteiger partial charge in [-0.05, 0) is 75.9 Å². The summed E-state index contributed by atoms with van der Waals surface area (Å²) in [6.07, 6.45) is 1.51. The van der Waals surface area contributed by atoms with Crippen LogP contribution in [0.5, 0.6) is 0 Å². The van der Waals surface area contributed by atoms with Crippen molar-refractivity contribution in [3.05, 3.63) is 163 Å². The number of fused-ring (bicyclic) bond motifs is 3. The van der Waals surface area contributed by atoms with Gasteiger partial charge in [0.25, 0.3) is 0 Å². The van der Waals surface area contributed by atoms with Gasteiger partial charge in [0.05, 0.1) is 11.0 Å². The summed E-state index contributed by atoms with van der Waals surface area (Å²) in [5.74, 6) is 0.457. The van der Waals surface area contributed by atoms with E-state index in [-0.39, 0.29) is 5.92 Å². The minimum Gasteiger partial charge on any atom is -0.295 e. The summed E-state index contributed by atoms with van der Waals surface area (Å²) in [5, 5.41) is 3.26. The lowest BCUT2D eigenvalue weighted by Gasteiger charge is -2.33. The topological polar surface area (TPSA) is 22.0 Å². The highest BCUT2D eigenvalue weighted by molar-refractivity contribution is 7.70. The van der Waals surface area contributed by atoms with Crippen molar-refractivity contribution >= 4 is 34.4 Å². The summed E-state index contributed by atoms with van der Waals surface area (Å²) < 4.78 is 18.8. The predicted molar refractivity (Wildman–Crippen MR) is 186 cm³/mol. The van der Waals surface area contributed by atoms with E-state index in [9.17, 15) is 0 Å². The predicted octanol–water partition coefficient (Wildman–Crippen LogP) is 10.9. The van der Waals surface area contributed by atoms with Crippen LogP contribution in [0.4, 0.5) is 0 Å². The fourth-order valence-corrected chi connectivity index (χ4v) is 10.7. The molecule has 0 bridgehead atoms. The molecule has 1 aliphatic rings. The van der Waals surface area contributed by atoms with Crippen LogP contribution in [0.1, 0.15) is 36.3 Å². The first-order valence-corrected chi connectivity index (χ1v) is 17.4.